The molecule has 0 radical (unpaired) electrons. The number of hydrogen-bond acceptors (Lipinski definition) is 10. The van der Waals surface area contributed by atoms with Crippen LogP contribution in [0.4, 0.5) is 4.79 Å². The van der Waals surface area contributed by atoms with Gasteiger partial charge in [0.15, 0.2) is 0 Å². The van der Waals surface area contributed by atoms with Gasteiger partial charge in [-0.2, -0.15) is 13.9 Å². The summed E-state index contributed by atoms with van der Waals surface area (Å²) < 4.78 is 34.7. The summed E-state index contributed by atoms with van der Waals surface area (Å²) >= 11 is 0. The van der Waals surface area contributed by atoms with Gasteiger partial charge in [-0.25, -0.2) is 9.59 Å². The Morgan fingerprint density at radius 2 is 1.90 bits per heavy atom. The third kappa shape index (κ3) is 10.0. The summed E-state index contributed by atoms with van der Waals surface area (Å²) in [4.78, 5) is 44.0. The molecule has 1 aromatic rings. The van der Waals surface area contributed by atoms with Crippen LogP contribution in [0.15, 0.2) is 29.2 Å². The molecule has 224 valence electrons. The average Bonchev–Trinajstić information content (AvgIpc) is 3.32. The quantitative estimate of drug-likeness (QED) is 0.348. The Kier molecular flexibility index (Phi) is 10.9. The number of carbonyl (C=O) groups is 3. The van der Waals surface area contributed by atoms with E-state index in [4.69, 9.17) is 15.3 Å². The molecule has 0 spiro atoms. The van der Waals surface area contributed by atoms with Crippen molar-refractivity contribution in [2.75, 3.05) is 19.6 Å². The largest absolute Gasteiger partial charge is 0.444 e. The average molecular weight is 583 g/mol. The Balaban J connectivity index is 1.31. The predicted octanol–water partition coefficient (Wildman–Crippen LogP) is 2.15. The van der Waals surface area contributed by atoms with Crippen LogP contribution in [0.5, 0.6) is 0 Å². The molecule has 12 nitrogen and oxygen atoms in total. The van der Waals surface area contributed by atoms with E-state index < -0.39 is 27.7 Å². The summed E-state index contributed by atoms with van der Waals surface area (Å²) in [7, 11) is -4.31. The van der Waals surface area contributed by atoms with E-state index in [9.17, 15) is 22.8 Å². The number of rotatable bonds is 10. The Morgan fingerprint density at radius 3 is 2.55 bits per heavy atom. The van der Waals surface area contributed by atoms with Crippen LogP contribution in [0.25, 0.3) is 0 Å². The standard InChI is InChI=1S/C27H42N4O8S/c1-18-6-5-7-22(14-18)40(35,36)39-25(33)23(28)17-29-24(32)16-21-15-20(30-38-21)9-8-19-10-12-31(13-11-19)26(34)37-27(2,3)4/h5-7,14,19-21,23,30H,8-13,15-17,28H2,1-4H3,(H,29,32)/t20-,21+,23-/m0/s1. The molecule has 13 heteroatoms. The topological polar surface area (TPSA) is 166 Å². The van der Waals surface area contributed by atoms with Gasteiger partial charge in [-0.15, -0.1) is 0 Å². The third-order valence-corrected chi connectivity index (χ3v) is 8.06. The molecule has 2 fully saturated rings. The van der Waals surface area contributed by atoms with Crippen molar-refractivity contribution >= 4 is 28.1 Å². The number of amides is 2. The van der Waals surface area contributed by atoms with Crippen LogP contribution < -0.4 is 16.5 Å². The highest BCUT2D eigenvalue weighted by atomic mass is 32.2. The van der Waals surface area contributed by atoms with Crippen molar-refractivity contribution in [1.82, 2.24) is 15.7 Å². The summed E-state index contributed by atoms with van der Waals surface area (Å²) in [5.41, 5.74) is 8.94. The number of hydrogen-bond donors (Lipinski definition) is 3. The second-order valence-electron chi connectivity index (χ2n) is 11.6. The number of hydroxylamine groups is 1. The smallest absolute Gasteiger partial charge is 0.410 e. The Bertz CT molecular complexity index is 1150. The molecular weight excluding hydrogens is 540 g/mol. The van der Waals surface area contributed by atoms with Crippen LogP contribution in [0.3, 0.4) is 0 Å². The maximum atomic E-state index is 12.4. The fourth-order valence-corrected chi connectivity index (χ4v) is 5.66. The van der Waals surface area contributed by atoms with Crippen molar-refractivity contribution < 1.29 is 36.6 Å². The summed E-state index contributed by atoms with van der Waals surface area (Å²) in [6.07, 6.45) is 3.87. The number of nitrogens with two attached hydrogens (primary N) is 1. The van der Waals surface area contributed by atoms with E-state index in [0.717, 1.165) is 25.7 Å². The molecule has 3 rings (SSSR count). The van der Waals surface area contributed by atoms with E-state index in [0.29, 0.717) is 31.0 Å². The fourth-order valence-electron chi connectivity index (χ4n) is 4.65. The van der Waals surface area contributed by atoms with E-state index >= 15 is 0 Å². The van der Waals surface area contributed by atoms with Crippen molar-refractivity contribution in [3.05, 3.63) is 29.8 Å². The zero-order valence-corrected chi connectivity index (χ0v) is 24.5. The van der Waals surface area contributed by atoms with Gasteiger partial charge >= 0.3 is 22.2 Å². The minimum Gasteiger partial charge on any atom is -0.444 e. The van der Waals surface area contributed by atoms with Gasteiger partial charge in [0.05, 0.1) is 12.5 Å². The first-order valence-corrected chi connectivity index (χ1v) is 15.1. The molecule has 40 heavy (non-hydrogen) atoms. The lowest BCUT2D eigenvalue weighted by molar-refractivity contribution is -0.135. The van der Waals surface area contributed by atoms with Gasteiger partial charge in [0.1, 0.15) is 16.5 Å². The Hall–Kier alpha value is -2.74. The van der Waals surface area contributed by atoms with Gasteiger partial charge in [-0.3, -0.25) is 9.63 Å². The number of likely N-dealkylation sites (tertiary alicyclic amines) is 1. The molecule has 2 aliphatic heterocycles. The van der Waals surface area contributed by atoms with Crippen LogP contribution in [-0.4, -0.2) is 74.7 Å². The lowest BCUT2D eigenvalue weighted by Crippen LogP contribution is -2.44. The van der Waals surface area contributed by atoms with Crippen LogP contribution in [0.2, 0.25) is 0 Å². The molecule has 4 N–H and O–H groups in total. The van der Waals surface area contributed by atoms with Crippen LogP contribution in [0, 0.1) is 12.8 Å². The number of nitrogens with one attached hydrogen (secondary N) is 2. The number of benzene rings is 1. The summed E-state index contributed by atoms with van der Waals surface area (Å²) in [6.45, 7) is 8.40. The van der Waals surface area contributed by atoms with Gasteiger partial charge in [-0.1, -0.05) is 12.1 Å². The van der Waals surface area contributed by atoms with Crippen molar-refractivity contribution in [3.63, 3.8) is 0 Å². The van der Waals surface area contributed by atoms with E-state index in [1.807, 2.05) is 20.8 Å². The van der Waals surface area contributed by atoms with Gasteiger partial charge < -0.3 is 24.9 Å². The second kappa shape index (κ2) is 13.7. The van der Waals surface area contributed by atoms with Gasteiger partial charge in [0.2, 0.25) is 5.91 Å². The summed E-state index contributed by atoms with van der Waals surface area (Å²) in [5.74, 6) is -1.01. The minimum absolute atomic E-state index is 0.0706. The van der Waals surface area contributed by atoms with Crippen LogP contribution in [0.1, 0.15) is 64.9 Å². The second-order valence-corrected chi connectivity index (χ2v) is 13.1. The summed E-state index contributed by atoms with van der Waals surface area (Å²) in [6, 6.07) is 4.73. The normalized spacial score (nSPS) is 21.1. The van der Waals surface area contributed by atoms with Crippen LogP contribution in [-0.2, 0) is 33.5 Å². The number of aryl methyl sites for hydroxylation is 1. The molecule has 1 aromatic carbocycles. The number of piperidine rings is 1. The Labute approximate surface area is 236 Å². The van der Waals surface area contributed by atoms with Gasteiger partial charge in [0, 0.05) is 25.7 Å². The highest BCUT2D eigenvalue weighted by Gasteiger charge is 2.31. The molecule has 2 aliphatic rings. The van der Waals surface area contributed by atoms with Crippen molar-refractivity contribution in [2.45, 2.75) is 94.9 Å². The molecule has 0 bridgehead atoms. The van der Waals surface area contributed by atoms with E-state index in [1.54, 1.807) is 17.9 Å². The summed E-state index contributed by atoms with van der Waals surface area (Å²) in [5, 5.41) is 2.54. The molecule has 0 aromatic heterocycles. The first-order chi connectivity index (χ1) is 18.7. The molecule has 0 unspecified atom stereocenters. The zero-order valence-electron chi connectivity index (χ0n) is 23.7. The Morgan fingerprint density at radius 1 is 1.20 bits per heavy atom. The molecule has 2 heterocycles. The monoisotopic (exact) mass is 582 g/mol. The predicted molar refractivity (Wildman–Crippen MR) is 146 cm³/mol. The fraction of sp³-hybridized carbons (Fsp3) is 0.667. The SMILES string of the molecule is Cc1cccc(S(=O)(=O)OC(=O)[C@@H](N)CNC(=O)C[C@H]2C[C@H](CCC3CCN(C(=O)OC(C)(C)C)CC3)NO2)c1. The van der Waals surface area contributed by atoms with Gasteiger partial charge in [0.25, 0.3) is 0 Å². The maximum absolute atomic E-state index is 12.4. The lowest BCUT2D eigenvalue weighted by atomic mass is 9.90. The van der Waals surface area contributed by atoms with Crippen molar-refractivity contribution in [3.8, 4) is 0 Å². The molecule has 2 saturated heterocycles. The highest BCUT2D eigenvalue weighted by molar-refractivity contribution is 7.87. The molecular formula is C27H42N4O8S. The first-order valence-electron chi connectivity index (χ1n) is 13.7. The zero-order chi connectivity index (χ0) is 29.5. The number of carbonyl (C=O) groups excluding carboxylic acids is 3. The van der Waals surface area contributed by atoms with Gasteiger partial charge in [-0.05, 0) is 83.4 Å². The minimum atomic E-state index is -4.31. The number of ether oxygens (including phenoxy) is 1. The van der Waals surface area contributed by atoms with E-state index in [-0.39, 0.29) is 42.0 Å². The first kappa shape index (κ1) is 31.8. The van der Waals surface area contributed by atoms with E-state index in [2.05, 4.69) is 15.0 Å². The van der Waals surface area contributed by atoms with Crippen LogP contribution >= 0.6 is 0 Å². The van der Waals surface area contributed by atoms with E-state index in [1.165, 1.54) is 18.2 Å². The van der Waals surface area contributed by atoms with Crippen molar-refractivity contribution in [1.29, 1.82) is 0 Å². The highest BCUT2D eigenvalue weighted by Crippen LogP contribution is 2.26. The lowest BCUT2D eigenvalue weighted by Gasteiger charge is -2.33. The molecule has 0 aliphatic carbocycles. The molecule has 0 saturated carbocycles. The number of nitrogens with zero attached hydrogens (tertiary/aromatic N) is 1. The maximum Gasteiger partial charge on any atom is 0.410 e. The molecule has 2 amide bonds. The third-order valence-electron chi connectivity index (χ3n) is 6.84. The molecule has 3 atom stereocenters. The van der Waals surface area contributed by atoms with Crippen molar-refractivity contribution in [2.24, 2.45) is 11.7 Å².